The molecule has 0 unspecified atom stereocenters. The molecule has 0 aliphatic rings. The van der Waals surface area contributed by atoms with Gasteiger partial charge in [0.15, 0.2) is 0 Å². The fourth-order valence-electron chi connectivity index (χ4n) is 3.11. The average molecular weight is 421 g/mol. The van der Waals surface area contributed by atoms with E-state index in [9.17, 15) is 17.6 Å². The Bertz CT molecular complexity index is 928. The Morgan fingerprint density at radius 3 is 2.41 bits per heavy atom. The first-order valence-corrected chi connectivity index (χ1v) is 11.6. The van der Waals surface area contributed by atoms with Gasteiger partial charge in [-0.05, 0) is 68.0 Å². The van der Waals surface area contributed by atoms with Gasteiger partial charge in [0.2, 0.25) is 15.9 Å². The van der Waals surface area contributed by atoms with E-state index in [0.717, 1.165) is 29.5 Å². The Kier molecular flexibility index (Phi) is 8.20. The smallest absolute Gasteiger partial charge is 0.232 e. The minimum absolute atomic E-state index is 0.0986. The summed E-state index contributed by atoms with van der Waals surface area (Å²) in [6, 6.07) is 11.9. The molecule has 0 aliphatic carbocycles. The number of hydrogen-bond donors (Lipinski definition) is 1. The zero-order valence-electron chi connectivity index (χ0n) is 17.2. The molecule has 2 rings (SSSR count). The van der Waals surface area contributed by atoms with Crippen molar-refractivity contribution in [2.75, 3.05) is 23.7 Å². The van der Waals surface area contributed by atoms with Gasteiger partial charge in [-0.2, -0.15) is 0 Å². The summed E-state index contributed by atoms with van der Waals surface area (Å²) in [5.41, 5.74) is 3.63. The van der Waals surface area contributed by atoms with E-state index in [1.807, 2.05) is 26.0 Å². The van der Waals surface area contributed by atoms with Crippen LogP contribution in [0.2, 0.25) is 0 Å². The van der Waals surface area contributed by atoms with E-state index >= 15 is 0 Å². The maximum atomic E-state index is 12.9. The monoisotopic (exact) mass is 420 g/mol. The molecule has 29 heavy (non-hydrogen) atoms. The minimum atomic E-state index is -3.43. The number of hydrogen-bond acceptors (Lipinski definition) is 3. The van der Waals surface area contributed by atoms with Crippen molar-refractivity contribution >= 4 is 21.6 Å². The van der Waals surface area contributed by atoms with E-state index in [4.69, 9.17) is 0 Å². The minimum Gasteiger partial charge on any atom is -0.356 e. The van der Waals surface area contributed by atoms with E-state index in [2.05, 4.69) is 5.32 Å². The van der Waals surface area contributed by atoms with E-state index in [1.165, 1.54) is 22.7 Å². The number of carbonyl (C=O) groups is 1. The summed E-state index contributed by atoms with van der Waals surface area (Å²) in [5, 5.41) is 2.86. The SMILES string of the molecule is Cc1cccc(N(CCCC(=O)NCCCc2ccc(F)cc2)S(C)(=O)=O)c1C. The molecule has 0 atom stereocenters. The van der Waals surface area contributed by atoms with Crippen LogP contribution in [0.25, 0.3) is 0 Å². The van der Waals surface area contributed by atoms with Gasteiger partial charge in [0.05, 0.1) is 11.9 Å². The Balaban J connectivity index is 1.79. The molecule has 1 amide bonds. The first kappa shape index (κ1) is 22.9. The molecule has 0 radical (unpaired) electrons. The third-order valence-corrected chi connectivity index (χ3v) is 6.07. The van der Waals surface area contributed by atoms with E-state index in [1.54, 1.807) is 18.2 Å². The molecule has 0 saturated carbocycles. The highest BCUT2D eigenvalue weighted by molar-refractivity contribution is 7.92. The van der Waals surface area contributed by atoms with Crippen LogP contribution in [-0.4, -0.2) is 33.7 Å². The predicted molar refractivity (Wildman–Crippen MR) is 115 cm³/mol. The van der Waals surface area contributed by atoms with Gasteiger partial charge in [-0.3, -0.25) is 9.10 Å². The summed E-state index contributed by atoms with van der Waals surface area (Å²) in [4.78, 5) is 12.1. The molecule has 0 saturated heterocycles. The number of rotatable bonds is 10. The van der Waals surface area contributed by atoms with Crippen molar-refractivity contribution in [1.82, 2.24) is 5.32 Å². The van der Waals surface area contributed by atoms with Crippen molar-refractivity contribution in [2.24, 2.45) is 0 Å². The molecule has 2 aromatic rings. The van der Waals surface area contributed by atoms with Crippen LogP contribution in [0.1, 0.15) is 36.0 Å². The molecular weight excluding hydrogens is 391 g/mol. The molecular formula is C22H29FN2O3S. The second-order valence-electron chi connectivity index (χ2n) is 7.24. The van der Waals surface area contributed by atoms with Crippen molar-refractivity contribution < 1.29 is 17.6 Å². The zero-order chi connectivity index (χ0) is 21.4. The molecule has 0 bridgehead atoms. The fraction of sp³-hybridized carbons (Fsp3) is 0.409. The van der Waals surface area contributed by atoms with Crippen molar-refractivity contribution in [1.29, 1.82) is 0 Å². The molecule has 0 spiro atoms. The van der Waals surface area contributed by atoms with E-state index in [0.29, 0.717) is 18.7 Å². The number of nitrogens with zero attached hydrogens (tertiary/aromatic N) is 1. The Hall–Kier alpha value is -2.41. The van der Waals surface area contributed by atoms with Gasteiger partial charge in [-0.1, -0.05) is 24.3 Å². The van der Waals surface area contributed by atoms with Crippen LogP contribution in [0.4, 0.5) is 10.1 Å². The summed E-state index contributed by atoms with van der Waals surface area (Å²) in [7, 11) is -3.43. The summed E-state index contributed by atoms with van der Waals surface area (Å²) in [6.07, 6.45) is 3.40. The van der Waals surface area contributed by atoms with Crippen LogP contribution in [-0.2, 0) is 21.2 Å². The highest BCUT2D eigenvalue weighted by Gasteiger charge is 2.19. The highest BCUT2D eigenvalue weighted by atomic mass is 32.2. The molecule has 0 fully saturated rings. The first-order chi connectivity index (χ1) is 13.7. The maximum Gasteiger partial charge on any atom is 0.232 e. The Morgan fingerprint density at radius 1 is 1.07 bits per heavy atom. The number of sulfonamides is 1. The van der Waals surface area contributed by atoms with Crippen LogP contribution in [0.5, 0.6) is 0 Å². The molecule has 5 nitrogen and oxygen atoms in total. The number of halogens is 1. The van der Waals surface area contributed by atoms with Gasteiger partial charge in [0.25, 0.3) is 0 Å². The van der Waals surface area contributed by atoms with Crippen LogP contribution < -0.4 is 9.62 Å². The lowest BCUT2D eigenvalue weighted by Crippen LogP contribution is -2.33. The number of amides is 1. The van der Waals surface area contributed by atoms with E-state index in [-0.39, 0.29) is 24.7 Å². The molecule has 1 N–H and O–H groups in total. The number of anilines is 1. The lowest BCUT2D eigenvalue weighted by Gasteiger charge is -2.24. The topological polar surface area (TPSA) is 66.5 Å². The predicted octanol–water partition coefficient (Wildman–Crippen LogP) is 3.74. The Morgan fingerprint density at radius 2 is 1.76 bits per heavy atom. The number of benzene rings is 2. The van der Waals surface area contributed by atoms with Crippen LogP contribution in [0.3, 0.4) is 0 Å². The van der Waals surface area contributed by atoms with Crippen LogP contribution in [0.15, 0.2) is 42.5 Å². The zero-order valence-corrected chi connectivity index (χ0v) is 18.1. The number of nitrogens with one attached hydrogen (secondary N) is 1. The molecule has 0 aliphatic heterocycles. The Labute approximate surface area is 173 Å². The fourth-order valence-corrected chi connectivity index (χ4v) is 4.13. The van der Waals surface area contributed by atoms with Crippen LogP contribution in [0, 0.1) is 19.7 Å². The summed E-state index contributed by atoms with van der Waals surface area (Å²) in [5.74, 6) is -0.357. The quantitative estimate of drug-likeness (QED) is 0.596. The van der Waals surface area contributed by atoms with Crippen molar-refractivity contribution in [3.05, 3.63) is 65.0 Å². The average Bonchev–Trinajstić information content (AvgIpc) is 2.65. The van der Waals surface area contributed by atoms with Crippen molar-refractivity contribution in [3.8, 4) is 0 Å². The van der Waals surface area contributed by atoms with Gasteiger partial charge < -0.3 is 5.32 Å². The molecule has 2 aromatic carbocycles. The van der Waals surface area contributed by atoms with E-state index < -0.39 is 10.0 Å². The lowest BCUT2D eigenvalue weighted by molar-refractivity contribution is -0.121. The molecule has 0 heterocycles. The normalized spacial score (nSPS) is 11.3. The third kappa shape index (κ3) is 7.16. The van der Waals surface area contributed by atoms with Gasteiger partial charge in [0.1, 0.15) is 5.82 Å². The second-order valence-corrected chi connectivity index (χ2v) is 9.14. The van der Waals surface area contributed by atoms with Crippen molar-refractivity contribution in [3.63, 3.8) is 0 Å². The highest BCUT2D eigenvalue weighted by Crippen LogP contribution is 2.25. The number of carbonyl (C=O) groups excluding carboxylic acids is 1. The largest absolute Gasteiger partial charge is 0.356 e. The number of aryl methyl sites for hydroxylation is 2. The van der Waals surface area contributed by atoms with Crippen LogP contribution >= 0.6 is 0 Å². The lowest BCUT2D eigenvalue weighted by atomic mass is 10.1. The van der Waals surface area contributed by atoms with Crippen molar-refractivity contribution in [2.45, 2.75) is 39.5 Å². The van der Waals surface area contributed by atoms with Gasteiger partial charge >= 0.3 is 0 Å². The second kappa shape index (κ2) is 10.4. The third-order valence-electron chi connectivity index (χ3n) is 4.89. The maximum absolute atomic E-state index is 12.9. The first-order valence-electron chi connectivity index (χ1n) is 9.73. The molecule has 0 aromatic heterocycles. The van der Waals surface area contributed by atoms with Gasteiger partial charge in [-0.25, -0.2) is 12.8 Å². The van der Waals surface area contributed by atoms with Gasteiger partial charge in [-0.15, -0.1) is 0 Å². The summed E-state index contributed by atoms with van der Waals surface area (Å²) >= 11 is 0. The molecule has 158 valence electrons. The standard InChI is InChI=1S/C22H29FN2O3S/c1-17-7-4-9-21(18(17)2)25(29(3,27)28)16-6-10-22(26)24-15-5-8-19-11-13-20(23)14-12-19/h4,7,9,11-14H,5-6,8,10,15-16H2,1-3H3,(H,24,26). The van der Waals surface area contributed by atoms with Gasteiger partial charge in [0, 0.05) is 19.5 Å². The summed E-state index contributed by atoms with van der Waals surface area (Å²) in [6.45, 7) is 4.63. The molecule has 7 heteroatoms. The summed E-state index contributed by atoms with van der Waals surface area (Å²) < 4.78 is 38.7.